The molecule has 0 spiro atoms. The summed E-state index contributed by atoms with van der Waals surface area (Å²) >= 11 is 3.29. The summed E-state index contributed by atoms with van der Waals surface area (Å²) in [6, 6.07) is 6.74. The Bertz CT molecular complexity index is 1220. The van der Waals surface area contributed by atoms with Gasteiger partial charge in [0.25, 0.3) is 0 Å². The fraction of sp³-hybridized carbons (Fsp3) is 0.0556. The number of benzene rings is 2. The summed E-state index contributed by atoms with van der Waals surface area (Å²) in [7, 11) is 0. The van der Waals surface area contributed by atoms with Gasteiger partial charge in [0.1, 0.15) is 28.5 Å². The number of rotatable bonds is 2. The molecule has 2 aromatic heterocycles. The molecule has 0 amide bonds. The first-order valence-corrected chi connectivity index (χ1v) is 8.32. The molecule has 130 valence electrons. The van der Waals surface area contributed by atoms with Crippen LogP contribution in [0, 0.1) is 18.6 Å². The van der Waals surface area contributed by atoms with Gasteiger partial charge in [0.15, 0.2) is 0 Å². The molecule has 0 bridgehead atoms. The Morgan fingerprint density at radius 2 is 1.88 bits per heavy atom. The summed E-state index contributed by atoms with van der Waals surface area (Å²) in [4.78, 5) is 19.8. The average Bonchev–Trinajstić information content (AvgIpc) is 2.92. The molecule has 0 fully saturated rings. The Morgan fingerprint density at radius 3 is 2.62 bits per heavy atom. The van der Waals surface area contributed by atoms with Crippen molar-refractivity contribution >= 4 is 43.8 Å². The normalized spacial score (nSPS) is 11.4. The van der Waals surface area contributed by atoms with Gasteiger partial charge in [0, 0.05) is 10.7 Å². The van der Waals surface area contributed by atoms with Gasteiger partial charge in [0.05, 0.1) is 22.2 Å². The van der Waals surface area contributed by atoms with Crippen molar-refractivity contribution in [2.24, 2.45) is 0 Å². The van der Waals surface area contributed by atoms with Crippen molar-refractivity contribution in [3.05, 3.63) is 64.0 Å². The van der Waals surface area contributed by atoms with Gasteiger partial charge in [-0.15, -0.1) is 0 Å². The van der Waals surface area contributed by atoms with Crippen LogP contribution in [0.25, 0.3) is 27.6 Å². The molecule has 4 aromatic rings. The molecule has 4 rings (SSSR count). The summed E-state index contributed by atoms with van der Waals surface area (Å²) < 4.78 is 30.7. The van der Waals surface area contributed by atoms with E-state index in [2.05, 4.69) is 25.9 Å². The van der Waals surface area contributed by atoms with Gasteiger partial charge in [-0.3, -0.25) is 9.55 Å². The molecule has 0 aliphatic carbocycles. The Balaban J connectivity index is 2.18. The van der Waals surface area contributed by atoms with E-state index in [9.17, 15) is 18.7 Å². The van der Waals surface area contributed by atoms with Crippen molar-refractivity contribution in [2.45, 2.75) is 6.92 Å². The van der Waals surface area contributed by atoms with Crippen LogP contribution in [0.2, 0.25) is 0 Å². The van der Waals surface area contributed by atoms with E-state index in [1.165, 1.54) is 12.3 Å². The lowest BCUT2D eigenvalue weighted by atomic mass is 10.1. The van der Waals surface area contributed by atoms with Crippen LogP contribution < -0.4 is 0 Å². The maximum atomic E-state index is 14.5. The number of carboxylic acids is 1. The number of carboxylic acid groups (broad SMARTS) is 1. The number of pyridine rings is 1. The van der Waals surface area contributed by atoms with Gasteiger partial charge in [-0.2, -0.15) is 0 Å². The molecule has 2 heterocycles. The van der Waals surface area contributed by atoms with Gasteiger partial charge in [-0.05, 0) is 37.3 Å². The second-order valence-corrected chi connectivity index (χ2v) is 6.62. The van der Waals surface area contributed by atoms with E-state index in [0.29, 0.717) is 21.5 Å². The van der Waals surface area contributed by atoms with Crippen LogP contribution in [-0.2, 0) is 0 Å². The number of halogens is 3. The highest BCUT2D eigenvalue weighted by atomic mass is 79.9. The number of fused-ring (bicyclic) bond motifs is 2. The number of aryl methyl sites for hydroxylation is 1. The quantitative estimate of drug-likeness (QED) is 0.516. The molecular formula is C18H10BrF2N3O2. The molecular weight excluding hydrogens is 408 g/mol. The third-order valence-electron chi connectivity index (χ3n) is 4.13. The van der Waals surface area contributed by atoms with E-state index < -0.39 is 17.6 Å². The van der Waals surface area contributed by atoms with Crippen molar-refractivity contribution in [2.75, 3.05) is 0 Å². The minimum atomic E-state index is -1.13. The van der Waals surface area contributed by atoms with Crippen LogP contribution in [0.1, 0.15) is 16.2 Å². The molecule has 0 unspecified atom stereocenters. The van der Waals surface area contributed by atoms with Crippen LogP contribution in [0.3, 0.4) is 0 Å². The Morgan fingerprint density at radius 1 is 1.15 bits per heavy atom. The van der Waals surface area contributed by atoms with Gasteiger partial charge < -0.3 is 5.11 Å². The van der Waals surface area contributed by atoms with E-state index in [4.69, 9.17) is 0 Å². The zero-order valence-electron chi connectivity index (χ0n) is 13.3. The summed E-state index contributed by atoms with van der Waals surface area (Å²) in [6.07, 6.45) is 1.38. The molecule has 0 saturated heterocycles. The van der Waals surface area contributed by atoms with Crippen molar-refractivity contribution in [3.8, 4) is 5.69 Å². The zero-order valence-corrected chi connectivity index (χ0v) is 14.9. The van der Waals surface area contributed by atoms with Crippen LogP contribution >= 0.6 is 15.9 Å². The molecule has 0 atom stereocenters. The van der Waals surface area contributed by atoms with Crippen molar-refractivity contribution in [1.29, 1.82) is 0 Å². The van der Waals surface area contributed by atoms with E-state index in [-0.39, 0.29) is 22.0 Å². The van der Waals surface area contributed by atoms with Crippen LogP contribution in [0.15, 0.2) is 41.0 Å². The Labute approximate surface area is 154 Å². The van der Waals surface area contributed by atoms with Gasteiger partial charge in [-0.1, -0.05) is 15.9 Å². The summed E-state index contributed by atoms with van der Waals surface area (Å²) in [6.45, 7) is 1.67. The molecule has 5 nitrogen and oxygen atoms in total. The summed E-state index contributed by atoms with van der Waals surface area (Å²) in [5.41, 5.74) is 0.977. The third-order valence-corrected chi connectivity index (χ3v) is 4.59. The number of aromatic carboxylic acids is 1. The number of carbonyl (C=O) groups is 1. The van der Waals surface area contributed by atoms with E-state index >= 15 is 0 Å². The third kappa shape index (κ3) is 2.37. The SMILES string of the molecule is Cc1nc2c(C(=O)O)cc(Br)cc2n1-c1ccnc2c(F)ccc(F)c12. The molecule has 8 heteroatoms. The predicted octanol–water partition coefficient (Wildman–Crippen LogP) is 4.62. The molecule has 0 aliphatic heterocycles. The number of nitrogens with zero attached hydrogens (tertiary/aromatic N) is 3. The molecule has 0 radical (unpaired) electrons. The first-order valence-electron chi connectivity index (χ1n) is 7.53. The van der Waals surface area contributed by atoms with Crippen LogP contribution in [-0.4, -0.2) is 25.6 Å². The fourth-order valence-electron chi connectivity index (χ4n) is 3.09. The first kappa shape index (κ1) is 16.6. The highest BCUT2D eigenvalue weighted by Gasteiger charge is 2.20. The largest absolute Gasteiger partial charge is 0.478 e. The Kier molecular flexibility index (Phi) is 3.73. The lowest BCUT2D eigenvalue weighted by Gasteiger charge is -2.12. The zero-order chi connectivity index (χ0) is 18.6. The van der Waals surface area contributed by atoms with Crippen LogP contribution in [0.5, 0.6) is 0 Å². The number of aromatic nitrogens is 3. The highest BCUT2D eigenvalue weighted by Crippen LogP contribution is 2.32. The fourth-order valence-corrected chi connectivity index (χ4v) is 3.53. The summed E-state index contributed by atoms with van der Waals surface area (Å²) in [5, 5.41) is 9.45. The maximum Gasteiger partial charge on any atom is 0.338 e. The van der Waals surface area contributed by atoms with E-state index in [1.807, 2.05) is 0 Å². The molecule has 0 saturated carbocycles. The van der Waals surface area contributed by atoms with Crippen molar-refractivity contribution < 1.29 is 18.7 Å². The summed E-state index contributed by atoms with van der Waals surface area (Å²) in [5.74, 6) is -1.95. The van der Waals surface area contributed by atoms with Crippen molar-refractivity contribution in [1.82, 2.24) is 14.5 Å². The lowest BCUT2D eigenvalue weighted by molar-refractivity contribution is 0.0698. The van der Waals surface area contributed by atoms with E-state index in [0.717, 1.165) is 12.1 Å². The first-order chi connectivity index (χ1) is 12.4. The topological polar surface area (TPSA) is 68.0 Å². The van der Waals surface area contributed by atoms with Crippen molar-refractivity contribution in [3.63, 3.8) is 0 Å². The lowest BCUT2D eigenvalue weighted by Crippen LogP contribution is -2.02. The van der Waals surface area contributed by atoms with Gasteiger partial charge >= 0.3 is 5.97 Å². The molecule has 1 N–H and O–H groups in total. The minimum absolute atomic E-state index is 0.00625. The average molecular weight is 418 g/mol. The van der Waals surface area contributed by atoms with Gasteiger partial charge in [0.2, 0.25) is 0 Å². The predicted molar refractivity (Wildman–Crippen MR) is 95.7 cm³/mol. The Hall–Kier alpha value is -2.87. The smallest absolute Gasteiger partial charge is 0.338 e. The maximum absolute atomic E-state index is 14.5. The van der Waals surface area contributed by atoms with Gasteiger partial charge in [-0.25, -0.2) is 18.6 Å². The van der Waals surface area contributed by atoms with Crippen LogP contribution in [0.4, 0.5) is 8.78 Å². The standard InChI is InChI=1S/C18H10BrF2N3O2/c1-8-23-16-10(18(25)26)6-9(19)7-14(16)24(8)13-4-5-22-17-12(21)3-2-11(20)15(13)17/h2-7H,1H3,(H,25,26). The number of hydrogen-bond donors (Lipinski definition) is 1. The molecule has 0 aliphatic rings. The second kappa shape index (κ2) is 5.84. The number of hydrogen-bond acceptors (Lipinski definition) is 3. The molecule has 26 heavy (non-hydrogen) atoms. The monoisotopic (exact) mass is 417 g/mol. The highest BCUT2D eigenvalue weighted by molar-refractivity contribution is 9.10. The number of imidazole rings is 1. The second-order valence-electron chi connectivity index (χ2n) is 5.70. The van der Waals surface area contributed by atoms with E-state index in [1.54, 1.807) is 23.6 Å². The molecule has 2 aromatic carbocycles. The minimum Gasteiger partial charge on any atom is -0.478 e.